The van der Waals surface area contributed by atoms with Gasteiger partial charge < -0.3 is 15.3 Å². The van der Waals surface area contributed by atoms with Crippen LogP contribution in [-0.4, -0.2) is 34.1 Å². The maximum absolute atomic E-state index is 9.54. The second-order valence-corrected chi connectivity index (χ2v) is 3.63. The molecule has 0 heterocycles. The predicted octanol–water partition coefficient (Wildman–Crippen LogP) is 0.844. The molecule has 17 heavy (non-hydrogen) atoms. The molecular formula is C14H20O3. The highest BCUT2D eigenvalue weighted by Crippen LogP contribution is 2.07. The summed E-state index contributed by atoms with van der Waals surface area (Å²) in [4.78, 5) is 0. The zero-order valence-corrected chi connectivity index (χ0v) is 10.2. The molecule has 0 saturated heterocycles. The Morgan fingerprint density at radius 1 is 1.12 bits per heavy atom. The molecule has 94 valence electrons. The summed E-state index contributed by atoms with van der Waals surface area (Å²) in [5.41, 5.74) is 0. The Bertz CT molecular complexity index is 325. The average Bonchev–Trinajstić information content (AvgIpc) is 2.33. The first-order valence-corrected chi connectivity index (χ1v) is 5.79. The molecule has 0 saturated carbocycles. The second kappa shape index (κ2) is 11.2. The fraction of sp³-hybridized carbons (Fsp3) is 0.571. The lowest BCUT2D eigenvalue weighted by atomic mass is 10.0. The zero-order valence-electron chi connectivity index (χ0n) is 10.2. The van der Waals surface area contributed by atoms with Crippen LogP contribution in [0.3, 0.4) is 0 Å². The lowest BCUT2D eigenvalue weighted by Crippen LogP contribution is -2.25. The van der Waals surface area contributed by atoms with E-state index in [4.69, 9.17) is 5.11 Å². The monoisotopic (exact) mass is 236 g/mol. The van der Waals surface area contributed by atoms with E-state index < -0.39 is 12.2 Å². The summed E-state index contributed by atoms with van der Waals surface area (Å²) in [6.07, 6.45) is 3.92. The molecule has 2 unspecified atom stereocenters. The molecule has 0 aromatic carbocycles. The first-order valence-electron chi connectivity index (χ1n) is 5.79. The van der Waals surface area contributed by atoms with Crippen molar-refractivity contribution in [1.29, 1.82) is 0 Å². The smallest absolute Gasteiger partial charge is 0.0908 e. The van der Waals surface area contributed by atoms with Gasteiger partial charge in [-0.3, -0.25) is 0 Å². The van der Waals surface area contributed by atoms with Crippen LogP contribution in [0.4, 0.5) is 0 Å². The second-order valence-electron chi connectivity index (χ2n) is 3.63. The Morgan fingerprint density at radius 2 is 1.88 bits per heavy atom. The molecule has 0 aliphatic rings. The standard InChI is InChI=1S/C14H20O3/c1-2-3-4-5-6-7-10-13(16)14(17)11-8-9-12-15/h2-3,13-17H,8-12H2,1H3/b3-2+. The summed E-state index contributed by atoms with van der Waals surface area (Å²) < 4.78 is 0. The van der Waals surface area contributed by atoms with Crippen molar-refractivity contribution in [2.75, 3.05) is 6.61 Å². The highest BCUT2D eigenvalue weighted by molar-refractivity contribution is 5.30. The SMILES string of the molecule is C/C=C/C#CC#CCC(O)C(O)CCCCO. The van der Waals surface area contributed by atoms with Gasteiger partial charge in [-0.2, -0.15) is 0 Å². The quantitative estimate of drug-likeness (QED) is 0.473. The third-order valence-corrected chi connectivity index (χ3v) is 2.14. The van der Waals surface area contributed by atoms with E-state index >= 15 is 0 Å². The van der Waals surface area contributed by atoms with Crippen LogP contribution in [0.1, 0.15) is 32.6 Å². The lowest BCUT2D eigenvalue weighted by molar-refractivity contribution is 0.0159. The van der Waals surface area contributed by atoms with Crippen molar-refractivity contribution in [3.63, 3.8) is 0 Å². The Balaban J connectivity index is 3.84. The zero-order chi connectivity index (χ0) is 12.9. The van der Waals surface area contributed by atoms with Gasteiger partial charge in [0.25, 0.3) is 0 Å². The van der Waals surface area contributed by atoms with E-state index in [2.05, 4.69) is 23.7 Å². The van der Waals surface area contributed by atoms with Crippen LogP contribution in [-0.2, 0) is 0 Å². The molecule has 0 aliphatic heterocycles. The van der Waals surface area contributed by atoms with Gasteiger partial charge >= 0.3 is 0 Å². The number of unbranched alkanes of at least 4 members (excludes halogenated alkanes) is 1. The van der Waals surface area contributed by atoms with Crippen molar-refractivity contribution in [3.8, 4) is 23.7 Å². The number of rotatable bonds is 6. The topological polar surface area (TPSA) is 60.7 Å². The van der Waals surface area contributed by atoms with Gasteiger partial charge in [0.05, 0.1) is 12.2 Å². The fourth-order valence-corrected chi connectivity index (χ4v) is 1.15. The van der Waals surface area contributed by atoms with Crippen molar-refractivity contribution in [3.05, 3.63) is 12.2 Å². The van der Waals surface area contributed by atoms with Crippen LogP contribution >= 0.6 is 0 Å². The van der Waals surface area contributed by atoms with E-state index in [0.29, 0.717) is 19.3 Å². The largest absolute Gasteiger partial charge is 0.396 e. The van der Waals surface area contributed by atoms with Crippen molar-refractivity contribution >= 4 is 0 Å². The maximum atomic E-state index is 9.54. The Kier molecular flexibility index (Phi) is 10.4. The number of aliphatic hydroxyl groups excluding tert-OH is 3. The maximum Gasteiger partial charge on any atom is 0.0908 e. The van der Waals surface area contributed by atoms with Gasteiger partial charge in [-0.25, -0.2) is 0 Å². The molecule has 0 aromatic heterocycles. The predicted molar refractivity (Wildman–Crippen MR) is 67.9 cm³/mol. The molecule has 3 N–H and O–H groups in total. The number of hydrogen-bond donors (Lipinski definition) is 3. The normalized spacial score (nSPS) is 13.4. The van der Waals surface area contributed by atoms with Gasteiger partial charge in [0.1, 0.15) is 0 Å². The highest BCUT2D eigenvalue weighted by Gasteiger charge is 2.13. The summed E-state index contributed by atoms with van der Waals surface area (Å²) in [6.45, 7) is 1.98. The van der Waals surface area contributed by atoms with Crippen molar-refractivity contribution in [2.24, 2.45) is 0 Å². The Labute approximate surface area is 103 Å². The van der Waals surface area contributed by atoms with E-state index in [0.717, 1.165) is 0 Å². The van der Waals surface area contributed by atoms with E-state index in [1.165, 1.54) is 0 Å². The molecule has 3 nitrogen and oxygen atoms in total. The van der Waals surface area contributed by atoms with Crippen LogP contribution in [0, 0.1) is 23.7 Å². The molecule has 0 fully saturated rings. The Hall–Kier alpha value is -1.26. The third kappa shape index (κ3) is 9.66. The average molecular weight is 236 g/mol. The lowest BCUT2D eigenvalue weighted by Gasteiger charge is -2.14. The molecule has 0 aliphatic carbocycles. The summed E-state index contributed by atoms with van der Waals surface area (Å²) in [5, 5.41) is 27.7. The minimum atomic E-state index is -0.843. The van der Waals surface area contributed by atoms with Gasteiger partial charge in [0.15, 0.2) is 0 Å². The van der Waals surface area contributed by atoms with E-state index in [-0.39, 0.29) is 13.0 Å². The molecule has 0 amide bonds. The molecule has 0 radical (unpaired) electrons. The molecule has 0 aromatic rings. The van der Waals surface area contributed by atoms with Crippen LogP contribution in [0.15, 0.2) is 12.2 Å². The number of allylic oxidation sites excluding steroid dienone is 2. The minimum Gasteiger partial charge on any atom is -0.396 e. The molecule has 0 spiro atoms. The summed E-state index contributed by atoms with van der Waals surface area (Å²) in [7, 11) is 0. The molecule has 0 bridgehead atoms. The summed E-state index contributed by atoms with van der Waals surface area (Å²) >= 11 is 0. The molecule has 2 atom stereocenters. The first-order chi connectivity index (χ1) is 8.22. The van der Waals surface area contributed by atoms with Crippen molar-refractivity contribution in [1.82, 2.24) is 0 Å². The van der Waals surface area contributed by atoms with Gasteiger partial charge in [0, 0.05) is 13.0 Å². The van der Waals surface area contributed by atoms with Gasteiger partial charge in [0.2, 0.25) is 0 Å². The van der Waals surface area contributed by atoms with Crippen molar-refractivity contribution in [2.45, 2.75) is 44.8 Å². The molecule has 0 rings (SSSR count). The van der Waals surface area contributed by atoms with Gasteiger partial charge in [-0.05, 0) is 44.1 Å². The minimum absolute atomic E-state index is 0.114. The first kappa shape index (κ1) is 15.7. The fourth-order valence-electron chi connectivity index (χ4n) is 1.15. The van der Waals surface area contributed by atoms with Crippen LogP contribution < -0.4 is 0 Å². The third-order valence-electron chi connectivity index (χ3n) is 2.14. The Morgan fingerprint density at radius 3 is 2.53 bits per heavy atom. The highest BCUT2D eigenvalue weighted by atomic mass is 16.3. The van der Waals surface area contributed by atoms with Gasteiger partial charge in [-0.15, -0.1) is 0 Å². The van der Waals surface area contributed by atoms with Crippen LogP contribution in [0.5, 0.6) is 0 Å². The molecule has 3 heteroatoms. The van der Waals surface area contributed by atoms with Crippen molar-refractivity contribution < 1.29 is 15.3 Å². The molecular weight excluding hydrogens is 216 g/mol. The van der Waals surface area contributed by atoms with Gasteiger partial charge in [-0.1, -0.05) is 17.9 Å². The number of aliphatic hydroxyl groups is 3. The van der Waals surface area contributed by atoms with E-state index in [9.17, 15) is 10.2 Å². The summed E-state index contributed by atoms with van der Waals surface area (Å²) in [6, 6.07) is 0. The van der Waals surface area contributed by atoms with E-state index in [1.807, 2.05) is 13.0 Å². The van der Waals surface area contributed by atoms with Crippen LogP contribution in [0.2, 0.25) is 0 Å². The summed E-state index contributed by atoms with van der Waals surface area (Å²) in [5.74, 6) is 10.6. The van der Waals surface area contributed by atoms with E-state index in [1.54, 1.807) is 6.08 Å². The van der Waals surface area contributed by atoms with Crippen LogP contribution in [0.25, 0.3) is 0 Å². The number of hydrogen-bond acceptors (Lipinski definition) is 3.